The van der Waals surface area contributed by atoms with Crippen molar-refractivity contribution in [3.8, 4) is 11.5 Å². The fraction of sp³-hybridized carbons (Fsp3) is 0.625. The Labute approximate surface area is 122 Å². The number of hydrogen-bond acceptors (Lipinski definition) is 4. The quantitative estimate of drug-likeness (QED) is 0.896. The van der Waals surface area contributed by atoms with Gasteiger partial charge in [-0.2, -0.15) is 0 Å². The molecule has 1 aliphatic rings. The Hall–Kier alpha value is -1.26. The molecular formula is C16H26N2O2. The summed E-state index contributed by atoms with van der Waals surface area (Å²) in [5, 5.41) is 3.43. The SMILES string of the molecule is CNC1(C)CCN(Cc2cccc(OC)c2OC)CC1. The summed E-state index contributed by atoms with van der Waals surface area (Å²) >= 11 is 0. The smallest absolute Gasteiger partial charge is 0.165 e. The predicted octanol–water partition coefficient (Wildman–Crippen LogP) is 2.28. The highest BCUT2D eigenvalue weighted by Crippen LogP contribution is 2.32. The van der Waals surface area contributed by atoms with E-state index in [2.05, 4.69) is 30.3 Å². The molecule has 0 bridgehead atoms. The molecule has 0 aromatic heterocycles. The minimum atomic E-state index is 0.287. The van der Waals surface area contributed by atoms with E-state index >= 15 is 0 Å². The molecular weight excluding hydrogens is 252 g/mol. The maximum Gasteiger partial charge on any atom is 0.165 e. The molecule has 0 radical (unpaired) electrons. The molecule has 0 spiro atoms. The van der Waals surface area contributed by atoms with Crippen LogP contribution in [-0.2, 0) is 6.54 Å². The van der Waals surface area contributed by atoms with Gasteiger partial charge >= 0.3 is 0 Å². The van der Waals surface area contributed by atoms with Gasteiger partial charge in [0.2, 0.25) is 0 Å². The van der Waals surface area contributed by atoms with Crippen LogP contribution in [-0.4, -0.2) is 44.8 Å². The minimum absolute atomic E-state index is 0.287. The number of rotatable bonds is 5. The zero-order valence-corrected chi connectivity index (χ0v) is 13.0. The van der Waals surface area contributed by atoms with Gasteiger partial charge in [0.15, 0.2) is 11.5 Å². The lowest BCUT2D eigenvalue weighted by Gasteiger charge is -2.39. The number of nitrogens with zero attached hydrogens (tertiary/aromatic N) is 1. The zero-order valence-electron chi connectivity index (χ0n) is 13.0. The summed E-state index contributed by atoms with van der Waals surface area (Å²) in [6.45, 7) is 5.44. The zero-order chi connectivity index (χ0) is 14.6. The molecule has 0 unspecified atom stereocenters. The van der Waals surface area contributed by atoms with Crippen LogP contribution in [0.15, 0.2) is 18.2 Å². The Morgan fingerprint density at radius 3 is 2.45 bits per heavy atom. The summed E-state index contributed by atoms with van der Waals surface area (Å²) in [4.78, 5) is 2.48. The molecule has 0 saturated carbocycles. The van der Waals surface area contributed by atoms with Crippen LogP contribution in [0.1, 0.15) is 25.3 Å². The van der Waals surface area contributed by atoms with Gasteiger partial charge in [-0.25, -0.2) is 0 Å². The van der Waals surface area contributed by atoms with Gasteiger partial charge in [-0.15, -0.1) is 0 Å². The Morgan fingerprint density at radius 1 is 1.20 bits per heavy atom. The largest absolute Gasteiger partial charge is 0.493 e. The van der Waals surface area contributed by atoms with Crippen molar-refractivity contribution in [3.05, 3.63) is 23.8 Å². The van der Waals surface area contributed by atoms with Crippen molar-refractivity contribution >= 4 is 0 Å². The van der Waals surface area contributed by atoms with Gasteiger partial charge in [0.25, 0.3) is 0 Å². The average Bonchev–Trinajstić information content (AvgIpc) is 2.49. The molecule has 1 aromatic carbocycles. The predicted molar refractivity (Wildman–Crippen MR) is 81.5 cm³/mol. The highest BCUT2D eigenvalue weighted by atomic mass is 16.5. The molecule has 1 fully saturated rings. The van der Waals surface area contributed by atoms with Crippen molar-refractivity contribution in [3.63, 3.8) is 0 Å². The molecule has 1 heterocycles. The molecule has 1 aliphatic heterocycles. The third-order valence-electron chi connectivity index (χ3n) is 4.44. The van der Waals surface area contributed by atoms with E-state index in [1.54, 1.807) is 14.2 Å². The number of hydrogen-bond donors (Lipinski definition) is 1. The number of piperidine rings is 1. The normalized spacial score (nSPS) is 18.8. The Kier molecular flexibility index (Phi) is 4.89. The number of ether oxygens (including phenoxy) is 2. The van der Waals surface area contributed by atoms with Crippen LogP contribution in [0.25, 0.3) is 0 Å². The summed E-state index contributed by atoms with van der Waals surface area (Å²) in [6, 6.07) is 6.09. The van der Waals surface area contributed by atoms with Crippen LogP contribution < -0.4 is 14.8 Å². The standard InChI is InChI=1S/C16H26N2O2/c1-16(17-2)8-10-18(11-9-16)12-13-6-5-7-14(19-3)15(13)20-4/h5-7,17H,8-12H2,1-4H3. The summed E-state index contributed by atoms with van der Waals surface area (Å²) in [5.74, 6) is 1.67. The van der Waals surface area contributed by atoms with E-state index < -0.39 is 0 Å². The van der Waals surface area contributed by atoms with Crippen LogP contribution in [0.5, 0.6) is 11.5 Å². The van der Waals surface area contributed by atoms with E-state index in [1.807, 2.05) is 12.1 Å². The lowest BCUT2D eigenvalue weighted by molar-refractivity contribution is 0.145. The molecule has 4 heteroatoms. The topological polar surface area (TPSA) is 33.7 Å². The summed E-state index contributed by atoms with van der Waals surface area (Å²) in [7, 11) is 5.44. The van der Waals surface area contributed by atoms with Crippen molar-refractivity contribution in [2.75, 3.05) is 34.4 Å². The van der Waals surface area contributed by atoms with E-state index in [0.717, 1.165) is 31.1 Å². The number of methoxy groups -OCH3 is 2. The van der Waals surface area contributed by atoms with Gasteiger partial charge < -0.3 is 14.8 Å². The lowest BCUT2D eigenvalue weighted by atomic mass is 9.90. The van der Waals surface area contributed by atoms with E-state index in [4.69, 9.17) is 9.47 Å². The van der Waals surface area contributed by atoms with E-state index in [1.165, 1.54) is 18.4 Å². The molecule has 4 nitrogen and oxygen atoms in total. The van der Waals surface area contributed by atoms with Crippen molar-refractivity contribution in [2.45, 2.75) is 31.8 Å². The monoisotopic (exact) mass is 278 g/mol. The molecule has 0 amide bonds. The highest BCUT2D eigenvalue weighted by molar-refractivity contribution is 5.46. The first-order valence-corrected chi connectivity index (χ1v) is 7.23. The van der Waals surface area contributed by atoms with Crippen molar-refractivity contribution in [2.24, 2.45) is 0 Å². The third kappa shape index (κ3) is 3.25. The first-order chi connectivity index (χ1) is 9.61. The van der Waals surface area contributed by atoms with Gasteiger partial charge in [-0.3, -0.25) is 4.90 Å². The van der Waals surface area contributed by atoms with Gasteiger partial charge in [-0.05, 0) is 32.9 Å². The highest BCUT2D eigenvalue weighted by Gasteiger charge is 2.28. The summed E-state index contributed by atoms with van der Waals surface area (Å²) in [6.07, 6.45) is 2.35. The maximum absolute atomic E-state index is 5.51. The second kappa shape index (κ2) is 6.46. The maximum atomic E-state index is 5.51. The van der Waals surface area contributed by atoms with Crippen LogP contribution in [0, 0.1) is 0 Å². The van der Waals surface area contributed by atoms with E-state index in [-0.39, 0.29) is 5.54 Å². The second-order valence-corrected chi connectivity index (χ2v) is 5.74. The number of likely N-dealkylation sites (tertiary alicyclic amines) is 1. The lowest BCUT2D eigenvalue weighted by Crippen LogP contribution is -2.49. The van der Waals surface area contributed by atoms with Gasteiger partial charge in [0, 0.05) is 30.7 Å². The van der Waals surface area contributed by atoms with Gasteiger partial charge in [-0.1, -0.05) is 12.1 Å². The van der Waals surface area contributed by atoms with Crippen LogP contribution in [0.2, 0.25) is 0 Å². The molecule has 0 atom stereocenters. The molecule has 20 heavy (non-hydrogen) atoms. The number of para-hydroxylation sites is 1. The fourth-order valence-electron chi connectivity index (χ4n) is 2.77. The minimum Gasteiger partial charge on any atom is -0.493 e. The third-order valence-corrected chi connectivity index (χ3v) is 4.44. The molecule has 1 saturated heterocycles. The molecule has 0 aliphatic carbocycles. The van der Waals surface area contributed by atoms with E-state index in [9.17, 15) is 0 Å². The van der Waals surface area contributed by atoms with Crippen LogP contribution in [0.4, 0.5) is 0 Å². The molecule has 1 aromatic rings. The summed E-state index contributed by atoms with van der Waals surface area (Å²) < 4.78 is 10.9. The molecule has 112 valence electrons. The Balaban J connectivity index is 2.05. The van der Waals surface area contributed by atoms with Crippen molar-refractivity contribution in [1.82, 2.24) is 10.2 Å². The molecule has 2 rings (SSSR count). The Morgan fingerprint density at radius 2 is 1.90 bits per heavy atom. The van der Waals surface area contributed by atoms with Crippen molar-refractivity contribution in [1.29, 1.82) is 0 Å². The van der Waals surface area contributed by atoms with Crippen LogP contribution in [0.3, 0.4) is 0 Å². The fourth-order valence-corrected chi connectivity index (χ4v) is 2.77. The summed E-state index contributed by atoms with van der Waals surface area (Å²) in [5.41, 5.74) is 1.48. The van der Waals surface area contributed by atoms with Gasteiger partial charge in [0.1, 0.15) is 0 Å². The molecule has 1 N–H and O–H groups in total. The first kappa shape index (κ1) is 15.1. The second-order valence-electron chi connectivity index (χ2n) is 5.74. The van der Waals surface area contributed by atoms with E-state index in [0.29, 0.717) is 0 Å². The van der Waals surface area contributed by atoms with Crippen molar-refractivity contribution < 1.29 is 9.47 Å². The number of nitrogens with one attached hydrogen (secondary N) is 1. The Bertz CT molecular complexity index is 440. The number of benzene rings is 1. The van der Waals surface area contributed by atoms with Gasteiger partial charge in [0.05, 0.1) is 14.2 Å². The van der Waals surface area contributed by atoms with Crippen LogP contribution >= 0.6 is 0 Å². The average molecular weight is 278 g/mol. The first-order valence-electron chi connectivity index (χ1n) is 7.23.